The van der Waals surface area contributed by atoms with Gasteiger partial charge in [0.2, 0.25) is 0 Å². The normalized spacial score (nSPS) is 12.4. The molecule has 112 valence electrons. The van der Waals surface area contributed by atoms with Crippen molar-refractivity contribution in [2.45, 2.75) is 40.5 Å². The summed E-state index contributed by atoms with van der Waals surface area (Å²) >= 11 is 0. The molecule has 0 aliphatic carbocycles. The average molecular weight is 283 g/mol. The van der Waals surface area contributed by atoms with E-state index in [1.165, 1.54) is 11.1 Å². The summed E-state index contributed by atoms with van der Waals surface area (Å²) in [5.41, 5.74) is 5.78. The van der Waals surface area contributed by atoms with Crippen LogP contribution in [0.2, 0.25) is 0 Å². The second kappa shape index (κ2) is 6.81. The molecule has 0 bridgehead atoms. The molecule has 0 spiro atoms. The van der Waals surface area contributed by atoms with Gasteiger partial charge in [0, 0.05) is 23.5 Å². The number of hydrogen-bond donors (Lipinski definition) is 1. The number of nitrogens with one attached hydrogen (secondary N) is 1. The topological polar surface area (TPSA) is 37.8 Å². The van der Waals surface area contributed by atoms with Crippen LogP contribution in [0.4, 0.5) is 0 Å². The number of benzene rings is 1. The summed E-state index contributed by atoms with van der Waals surface area (Å²) in [5, 5.41) is 3.40. The van der Waals surface area contributed by atoms with Crippen LogP contribution in [0.5, 0.6) is 0 Å². The Hall–Kier alpha value is -1.74. The van der Waals surface area contributed by atoms with Crippen LogP contribution in [0.25, 0.3) is 11.4 Å². The number of nitrogens with zero attached hydrogens (tertiary/aromatic N) is 2. The first-order valence-electron chi connectivity index (χ1n) is 7.66. The number of rotatable bonds is 5. The fourth-order valence-electron chi connectivity index (χ4n) is 2.85. The molecular weight excluding hydrogens is 258 g/mol. The van der Waals surface area contributed by atoms with Gasteiger partial charge in [-0.25, -0.2) is 9.97 Å². The van der Waals surface area contributed by atoms with Crippen molar-refractivity contribution in [3.05, 3.63) is 46.8 Å². The van der Waals surface area contributed by atoms with Crippen molar-refractivity contribution in [2.75, 3.05) is 13.1 Å². The molecule has 0 saturated carbocycles. The van der Waals surface area contributed by atoms with E-state index in [-0.39, 0.29) is 0 Å². The minimum absolute atomic E-state index is 0.427. The molecule has 0 aliphatic heterocycles. The Kier molecular flexibility index (Phi) is 5.07. The summed E-state index contributed by atoms with van der Waals surface area (Å²) in [7, 11) is 0. The highest BCUT2D eigenvalue weighted by Gasteiger charge is 2.16. The number of aryl methyl sites for hydroxylation is 3. The zero-order valence-electron chi connectivity index (χ0n) is 13.7. The van der Waals surface area contributed by atoms with Crippen LogP contribution in [0.3, 0.4) is 0 Å². The summed E-state index contributed by atoms with van der Waals surface area (Å²) in [4.78, 5) is 9.51. The Morgan fingerprint density at radius 1 is 1.05 bits per heavy atom. The molecule has 1 atom stereocenters. The van der Waals surface area contributed by atoms with E-state index >= 15 is 0 Å². The molecule has 1 heterocycles. The monoisotopic (exact) mass is 283 g/mol. The van der Waals surface area contributed by atoms with E-state index in [2.05, 4.69) is 52.1 Å². The minimum atomic E-state index is 0.427. The largest absolute Gasteiger partial charge is 0.316 e. The lowest BCUT2D eigenvalue weighted by atomic mass is 9.97. The van der Waals surface area contributed by atoms with E-state index in [0.717, 1.165) is 35.9 Å². The summed E-state index contributed by atoms with van der Waals surface area (Å²) < 4.78 is 0. The first kappa shape index (κ1) is 15.6. The third-order valence-electron chi connectivity index (χ3n) is 3.91. The van der Waals surface area contributed by atoms with Crippen molar-refractivity contribution < 1.29 is 0 Å². The van der Waals surface area contributed by atoms with Crippen molar-refractivity contribution >= 4 is 0 Å². The van der Waals surface area contributed by atoms with Crippen LogP contribution in [0.15, 0.2) is 24.3 Å². The fourth-order valence-corrected chi connectivity index (χ4v) is 2.85. The molecule has 0 radical (unpaired) electrons. The SMILES string of the molecule is CCNCC(C)c1c(C)nc(-c2ccccc2C)nc1C. The molecule has 0 amide bonds. The van der Waals surface area contributed by atoms with E-state index < -0.39 is 0 Å². The van der Waals surface area contributed by atoms with Gasteiger partial charge in [-0.1, -0.05) is 38.1 Å². The van der Waals surface area contributed by atoms with Crippen molar-refractivity contribution in [3.63, 3.8) is 0 Å². The molecular formula is C18H25N3. The molecule has 1 unspecified atom stereocenters. The van der Waals surface area contributed by atoms with Gasteiger partial charge >= 0.3 is 0 Å². The van der Waals surface area contributed by atoms with E-state index in [4.69, 9.17) is 9.97 Å². The minimum Gasteiger partial charge on any atom is -0.316 e. The highest BCUT2D eigenvalue weighted by Crippen LogP contribution is 2.25. The maximum atomic E-state index is 4.76. The first-order chi connectivity index (χ1) is 10.0. The first-order valence-corrected chi connectivity index (χ1v) is 7.66. The van der Waals surface area contributed by atoms with Gasteiger partial charge in [-0.2, -0.15) is 0 Å². The third kappa shape index (κ3) is 3.48. The van der Waals surface area contributed by atoms with Crippen molar-refractivity contribution in [2.24, 2.45) is 0 Å². The molecule has 2 aromatic rings. The van der Waals surface area contributed by atoms with Gasteiger partial charge in [0.15, 0.2) is 5.82 Å². The van der Waals surface area contributed by atoms with Gasteiger partial charge in [0.1, 0.15) is 0 Å². The van der Waals surface area contributed by atoms with Crippen molar-refractivity contribution in [1.29, 1.82) is 0 Å². The Morgan fingerprint density at radius 3 is 2.24 bits per heavy atom. The van der Waals surface area contributed by atoms with Crippen LogP contribution in [0, 0.1) is 20.8 Å². The summed E-state index contributed by atoms with van der Waals surface area (Å²) in [6.07, 6.45) is 0. The maximum Gasteiger partial charge on any atom is 0.159 e. The second-order valence-electron chi connectivity index (χ2n) is 5.66. The number of aromatic nitrogens is 2. The Morgan fingerprint density at radius 2 is 1.67 bits per heavy atom. The number of hydrogen-bond acceptors (Lipinski definition) is 3. The third-order valence-corrected chi connectivity index (χ3v) is 3.91. The lowest BCUT2D eigenvalue weighted by Gasteiger charge is -2.18. The fraction of sp³-hybridized carbons (Fsp3) is 0.444. The van der Waals surface area contributed by atoms with Crippen molar-refractivity contribution in [3.8, 4) is 11.4 Å². The lowest BCUT2D eigenvalue weighted by Crippen LogP contribution is -2.21. The van der Waals surface area contributed by atoms with E-state index in [1.807, 2.05) is 12.1 Å². The Bertz CT molecular complexity index is 597. The molecule has 1 aromatic heterocycles. The molecule has 1 aromatic carbocycles. The predicted octanol–water partition coefficient (Wildman–Crippen LogP) is 3.78. The Balaban J connectivity index is 2.40. The zero-order valence-corrected chi connectivity index (χ0v) is 13.7. The average Bonchev–Trinajstić information content (AvgIpc) is 2.44. The second-order valence-corrected chi connectivity index (χ2v) is 5.66. The molecule has 2 rings (SSSR count). The van der Waals surface area contributed by atoms with E-state index in [1.54, 1.807) is 0 Å². The summed E-state index contributed by atoms with van der Waals surface area (Å²) in [6, 6.07) is 8.28. The van der Waals surface area contributed by atoms with Crippen molar-refractivity contribution in [1.82, 2.24) is 15.3 Å². The number of likely N-dealkylation sites (N-methyl/N-ethyl adjacent to an activating group) is 1. The zero-order chi connectivity index (χ0) is 15.4. The molecule has 21 heavy (non-hydrogen) atoms. The summed E-state index contributed by atoms with van der Waals surface area (Å²) in [6.45, 7) is 12.6. The molecule has 0 aliphatic rings. The standard InChI is InChI=1S/C18H25N3/c1-6-19-11-13(3)17-14(4)20-18(21-15(17)5)16-10-8-7-9-12(16)2/h7-10,13,19H,6,11H2,1-5H3. The highest BCUT2D eigenvalue weighted by atomic mass is 14.9. The van der Waals surface area contributed by atoms with Crippen LogP contribution in [0.1, 0.15) is 42.3 Å². The quantitative estimate of drug-likeness (QED) is 0.907. The van der Waals surface area contributed by atoms with Crippen LogP contribution in [-0.2, 0) is 0 Å². The maximum absolute atomic E-state index is 4.76. The van der Waals surface area contributed by atoms with Crippen LogP contribution >= 0.6 is 0 Å². The van der Waals surface area contributed by atoms with Gasteiger partial charge in [-0.05, 0) is 44.4 Å². The molecule has 3 nitrogen and oxygen atoms in total. The Labute approximate surface area is 127 Å². The highest BCUT2D eigenvalue weighted by molar-refractivity contribution is 5.60. The van der Waals surface area contributed by atoms with E-state index in [0.29, 0.717) is 5.92 Å². The molecule has 1 N–H and O–H groups in total. The lowest BCUT2D eigenvalue weighted by molar-refractivity contribution is 0.624. The van der Waals surface area contributed by atoms with Crippen LogP contribution in [-0.4, -0.2) is 23.1 Å². The van der Waals surface area contributed by atoms with Gasteiger partial charge < -0.3 is 5.32 Å². The smallest absolute Gasteiger partial charge is 0.159 e. The predicted molar refractivity (Wildman–Crippen MR) is 88.6 cm³/mol. The molecule has 3 heteroatoms. The van der Waals surface area contributed by atoms with Gasteiger partial charge in [-0.15, -0.1) is 0 Å². The van der Waals surface area contributed by atoms with Gasteiger partial charge in [0.05, 0.1) is 0 Å². The van der Waals surface area contributed by atoms with Gasteiger partial charge in [-0.3, -0.25) is 0 Å². The summed E-state index contributed by atoms with van der Waals surface area (Å²) in [5.74, 6) is 1.26. The van der Waals surface area contributed by atoms with E-state index in [9.17, 15) is 0 Å². The van der Waals surface area contributed by atoms with Gasteiger partial charge in [0.25, 0.3) is 0 Å². The molecule has 0 saturated heterocycles. The van der Waals surface area contributed by atoms with Crippen LogP contribution < -0.4 is 5.32 Å². The molecule has 0 fully saturated rings.